The van der Waals surface area contributed by atoms with Crippen molar-refractivity contribution >= 4 is 44.9 Å². The summed E-state index contributed by atoms with van der Waals surface area (Å²) in [7, 11) is 0. The third kappa shape index (κ3) is 1.61. The van der Waals surface area contributed by atoms with E-state index in [-0.39, 0.29) is 27.9 Å². The van der Waals surface area contributed by atoms with Gasteiger partial charge in [-0.2, -0.15) is 0 Å². The Kier molecular flexibility index (Phi) is 3.84. The van der Waals surface area contributed by atoms with Crippen molar-refractivity contribution in [2.45, 2.75) is 0 Å². The van der Waals surface area contributed by atoms with Crippen LogP contribution in [0, 0.1) is 0 Å². The van der Waals surface area contributed by atoms with E-state index in [9.17, 15) is 0 Å². The number of imidazole rings is 1. The number of halogens is 1. The standard InChI is InChI=1S/C5H5N5.BrH.Si/c6-4-3-5(9-1-7-3)10-2-8-4;;/h1-2H,(H3,6,7,8,9,10);1H;. The predicted molar refractivity (Wildman–Crippen MR) is 52.2 cm³/mol. The second-order valence-electron chi connectivity index (χ2n) is 1.86. The highest BCUT2D eigenvalue weighted by atomic mass is 79.9. The summed E-state index contributed by atoms with van der Waals surface area (Å²) in [6, 6.07) is 0. The maximum atomic E-state index is 5.48. The van der Waals surface area contributed by atoms with Crippen LogP contribution in [0.25, 0.3) is 11.2 Å². The second kappa shape index (κ2) is 4.17. The lowest BCUT2D eigenvalue weighted by atomic mass is 10.5. The molecule has 0 bridgehead atoms. The molecule has 0 aliphatic heterocycles. The molecule has 0 aromatic carbocycles. The Labute approximate surface area is 83.6 Å². The molecule has 0 atom stereocenters. The molecule has 2 rings (SSSR count). The van der Waals surface area contributed by atoms with Gasteiger partial charge in [-0.05, 0) is 0 Å². The molecule has 62 valence electrons. The number of nitrogen functional groups attached to an aromatic ring is 1. The number of nitrogens with two attached hydrogens (primary N) is 1. The SMILES string of the molecule is Br.Nc1ncnc2nc[nH]c12.[Si]. The average molecular weight is 244 g/mol. The smallest absolute Gasteiger partial charge is 0.182 e. The van der Waals surface area contributed by atoms with Gasteiger partial charge in [0.25, 0.3) is 0 Å². The summed E-state index contributed by atoms with van der Waals surface area (Å²) < 4.78 is 0. The van der Waals surface area contributed by atoms with Gasteiger partial charge in [-0.15, -0.1) is 17.0 Å². The Hall–Kier alpha value is -0.953. The second-order valence-corrected chi connectivity index (χ2v) is 1.86. The molecule has 5 nitrogen and oxygen atoms in total. The average Bonchev–Trinajstić information content (AvgIpc) is 2.36. The Morgan fingerprint density at radius 3 is 2.67 bits per heavy atom. The summed E-state index contributed by atoms with van der Waals surface area (Å²) in [4.78, 5) is 14.4. The summed E-state index contributed by atoms with van der Waals surface area (Å²) in [5.74, 6) is 0.433. The van der Waals surface area contributed by atoms with Crippen LogP contribution < -0.4 is 5.73 Å². The Morgan fingerprint density at radius 1 is 1.25 bits per heavy atom. The quantitative estimate of drug-likeness (QED) is 0.645. The Morgan fingerprint density at radius 2 is 2.00 bits per heavy atom. The summed E-state index contributed by atoms with van der Waals surface area (Å²) in [6.45, 7) is 0. The lowest BCUT2D eigenvalue weighted by Gasteiger charge is -1.89. The third-order valence-corrected chi connectivity index (χ3v) is 1.25. The molecule has 0 saturated carbocycles. The molecule has 7 heteroatoms. The maximum absolute atomic E-state index is 5.48. The number of H-pyrrole nitrogens is 1. The monoisotopic (exact) mass is 243 g/mol. The molecule has 2 aromatic rings. The molecule has 3 N–H and O–H groups in total. The van der Waals surface area contributed by atoms with E-state index in [1.165, 1.54) is 12.7 Å². The first-order valence-corrected chi connectivity index (χ1v) is 2.77. The first-order chi connectivity index (χ1) is 4.88. The fourth-order valence-corrected chi connectivity index (χ4v) is 0.784. The number of hydrogen-bond donors (Lipinski definition) is 2. The summed E-state index contributed by atoms with van der Waals surface area (Å²) in [5, 5.41) is 0. The Bertz CT molecular complexity index is 361. The fourth-order valence-electron chi connectivity index (χ4n) is 0.784. The third-order valence-electron chi connectivity index (χ3n) is 1.25. The number of aromatic amines is 1. The summed E-state index contributed by atoms with van der Waals surface area (Å²) >= 11 is 0. The van der Waals surface area contributed by atoms with Gasteiger partial charge >= 0.3 is 0 Å². The van der Waals surface area contributed by atoms with Crippen LogP contribution in [0.5, 0.6) is 0 Å². The van der Waals surface area contributed by atoms with Crippen molar-refractivity contribution in [3.8, 4) is 0 Å². The molecule has 0 aliphatic carbocycles. The molecular formula is C5H6BrN5Si. The van der Waals surface area contributed by atoms with Gasteiger partial charge in [-0.3, -0.25) is 0 Å². The van der Waals surface area contributed by atoms with Gasteiger partial charge in [0.05, 0.1) is 6.33 Å². The molecule has 4 radical (unpaired) electrons. The first-order valence-electron chi connectivity index (χ1n) is 2.77. The summed E-state index contributed by atoms with van der Waals surface area (Å²) in [5.41, 5.74) is 6.78. The van der Waals surface area contributed by atoms with Crippen molar-refractivity contribution in [3.63, 3.8) is 0 Å². The highest BCUT2D eigenvalue weighted by Gasteiger charge is 1.99. The van der Waals surface area contributed by atoms with Crippen molar-refractivity contribution in [1.82, 2.24) is 19.9 Å². The van der Waals surface area contributed by atoms with Crippen LogP contribution in [0.3, 0.4) is 0 Å². The Balaban J connectivity index is 0.000000605. The van der Waals surface area contributed by atoms with E-state index in [2.05, 4.69) is 19.9 Å². The van der Waals surface area contributed by atoms with Crippen LogP contribution >= 0.6 is 17.0 Å². The fraction of sp³-hybridized carbons (Fsp3) is 0. The van der Waals surface area contributed by atoms with E-state index in [4.69, 9.17) is 5.73 Å². The number of hydrogen-bond acceptors (Lipinski definition) is 4. The van der Waals surface area contributed by atoms with Gasteiger partial charge < -0.3 is 10.7 Å². The van der Waals surface area contributed by atoms with Gasteiger partial charge in [0, 0.05) is 11.0 Å². The number of rotatable bonds is 0. The minimum absolute atomic E-state index is 0. The molecular weight excluding hydrogens is 238 g/mol. The molecule has 2 aromatic heterocycles. The van der Waals surface area contributed by atoms with E-state index in [0.717, 1.165) is 0 Å². The van der Waals surface area contributed by atoms with Gasteiger partial charge in [0.2, 0.25) is 0 Å². The highest BCUT2D eigenvalue weighted by molar-refractivity contribution is 8.93. The minimum Gasteiger partial charge on any atom is -0.382 e. The van der Waals surface area contributed by atoms with Crippen molar-refractivity contribution in [2.24, 2.45) is 0 Å². The van der Waals surface area contributed by atoms with Gasteiger partial charge in [0.1, 0.15) is 11.8 Å². The van der Waals surface area contributed by atoms with Crippen molar-refractivity contribution in [2.75, 3.05) is 5.73 Å². The number of nitrogens with zero attached hydrogens (tertiary/aromatic N) is 3. The molecule has 12 heavy (non-hydrogen) atoms. The summed E-state index contributed by atoms with van der Waals surface area (Å²) in [6.07, 6.45) is 2.92. The van der Waals surface area contributed by atoms with E-state index in [1.54, 1.807) is 0 Å². The van der Waals surface area contributed by atoms with Crippen LogP contribution in [0.2, 0.25) is 0 Å². The zero-order valence-electron chi connectivity index (χ0n) is 5.98. The van der Waals surface area contributed by atoms with Crippen molar-refractivity contribution in [3.05, 3.63) is 12.7 Å². The van der Waals surface area contributed by atoms with E-state index in [0.29, 0.717) is 17.0 Å². The van der Waals surface area contributed by atoms with Crippen molar-refractivity contribution < 1.29 is 0 Å². The first kappa shape index (κ1) is 11.0. The molecule has 2 heterocycles. The highest BCUT2D eigenvalue weighted by Crippen LogP contribution is 2.09. The molecule has 0 aliphatic rings. The lowest BCUT2D eigenvalue weighted by Crippen LogP contribution is -1.91. The van der Waals surface area contributed by atoms with Crippen LogP contribution in [0.4, 0.5) is 5.82 Å². The normalized spacial score (nSPS) is 8.67. The van der Waals surface area contributed by atoms with E-state index in [1.807, 2.05) is 0 Å². The number of nitrogens with one attached hydrogen (secondary N) is 1. The number of fused-ring (bicyclic) bond motifs is 1. The van der Waals surface area contributed by atoms with Gasteiger partial charge in [0.15, 0.2) is 11.5 Å². The lowest BCUT2D eigenvalue weighted by molar-refractivity contribution is 1.21. The van der Waals surface area contributed by atoms with Crippen LogP contribution in [0.1, 0.15) is 0 Å². The maximum Gasteiger partial charge on any atom is 0.182 e. The largest absolute Gasteiger partial charge is 0.382 e. The van der Waals surface area contributed by atoms with Crippen LogP contribution in [-0.4, -0.2) is 30.9 Å². The molecule has 0 amide bonds. The van der Waals surface area contributed by atoms with Crippen LogP contribution in [0.15, 0.2) is 12.7 Å². The molecule has 0 fully saturated rings. The zero-order chi connectivity index (χ0) is 6.97. The molecule has 0 saturated heterocycles. The minimum atomic E-state index is 0. The molecule has 0 spiro atoms. The van der Waals surface area contributed by atoms with Gasteiger partial charge in [-0.1, -0.05) is 0 Å². The number of anilines is 1. The molecule has 0 unspecified atom stereocenters. The van der Waals surface area contributed by atoms with E-state index < -0.39 is 0 Å². The van der Waals surface area contributed by atoms with Crippen molar-refractivity contribution in [1.29, 1.82) is 0 Å². The zero-order valence-corrected chi connectivity index (χ0v) is 8.70. The number of aromatic nitrogens is 4. The van der Waals surface area contributed by atoms with Gasteiger partial charge in [-0.25, -0.2) is 15.0 Å². The van der Waals surface area contributed by atoms with E-state index >= 15 is 0 Å². The topological polar surface area (TPSA) is 80.5 Å². The predicted octanol–water partition coefficient (Wildman–Crippen LogP) is 0.132. The van der Waals surface area contributed by atoms with Crippen LogP contribution in [-0.2, 0) is 0 Å².